The van der Waals surface area contributed by atoms with Crippen molar-refractivity contribution in [1.82, 2.24) is 15.0 Å². The number of hydrogen-bond acceptors (Lipinski definition) is 6. The fourth-order valence-electron chi connectivity index (χ4n) is 2.22. The second kappa shape index (κ2) is 6.12. The summed E-state index contributed by atoms with van der Waals surface area (Å²) in [6.45, 7) is 3.17. The molecular weight excluding hydrogens is 250 g/mol. The zero-order chi connectivity index (χ0) is 13.8. The Balaban J connectivity index is 1.95. The molecule has 1 saturated heterocycles. The Labute approximate surface area is 111 Å². The number of nitrogens with zero attached hydrogens (tertiary/aromatic N) is 3. The van der Waals surface area contributed by atoms with Crippen LogP contribution in [0.4, 0.5) is 0 Å². The second-order valence-electron chi connectivity index (χ2n) is 4.82. The number of carbonyl (C=O) groups is 1. The smallest absolute Gasteiger partial charge is 0.310 e. The van der Waals surface area contributed by atoms with Crippen LogP contribution in [0.25, 0.3) is 0 Å². The normalized spacial score (nSPS) is 23.1. The van der Waals surface area contributed by atoms with Gasteiger partial charge >= 0.3 is 5.97 Å². The van der Waals surface area contributed by atoms with E-state index in [4.69, 9.17) is 14.4 Å². The molecule has 1 fully saturated rings. The van der Waals surface area contributed by atoms with E-state index in [2.05, 4.69) is 17.1 Å². The molecule has 7 nitrogen and oxygen atoms in total. The van der Waals surface area contributed by atoms with Gasteiger partial charge in [0.05, 0.1) is 25.7 Å². The number of likely N-dealkylation sites (N-methyl/N-ethyl adjacent to an activating group) is 1. The molecule has 0 aromatic carbocycles. The molecule has 1 aromatic rings. The Hall–Kier alpha value is -1.47. The highest BCUT2D eigenvalue weighted by atomic mass is 16.5. The lowest BCUT2D eigenvalue weighted by Crippen LogP contribution is -2.40. The number of aromatic nitrogens is 2. The van der Waals surface area contributed by atoms with Gasteiger partial charge in [0.25, 0.3) is 0 Å². The van der Waals surface area contributed by atoms with Gasteiger partial charge in [-0.15, -0.1) is 0 Å². The number of hydrogen-bond donors (Lipinski definition) is 1. The molecule has 2 rings (SSSR count). The van der Waals surface area contributed by atoms with Crippen LogP contribution in [0, 0.1) is 5.92 Å². The lowest BCUT2D eigenvalue weighted by Gasteiger charge is -2.24. The standard InChI is InChI=1S/C12H19N3O4/c1-3-4-10-13-11(19-14-10)5-15(2)9-7-18-6-8(9)12(16)17/h8-9H,3-7H2,1-2H3,(H,16,17). The fourth-order valence-corrected chi connectivity index (χ4v) is 2.22. The van der Waals surface area contributed by atoms with Crippen molar-refractivity contribution < 1.29 is 19.2 Å². The average molecular weight is 269 g/mol. The summed E-state index contributed by atoms with van der Waals surface area (Å²) >= 11 is 0. The molecule has 0 bridgehead atoms. The molecule has 0 saturated carbocycles. The van der Waals surface area contributed by atoms with E-state index >= 15 is 0 Å². The first-order valence-corrected chi connectivity index (χ1v) is 6.44. The quantitative estimate of drug-likeness (QED) is 0.806. The zero-order valence-corrected chi connectivity index (χ0v) is 11.2. The van der Waals surface area contributed by atoms with Crippen LogP contribution in [0.1, 0.15) is 25.1 Å². The molecule has 2 atom stereocenters. The van der Waals surface area contributed by atoms with Crippen molar-refractivity contribution in [3.05, 3.63) is 11.7 Å². The molecule has 0 amide bonds. The molecule has 0 radical (unpaired) electrons. The zero-order valence-electron chi connectivity index (χ0n) is 11.2. The third kappa shape index (κ3) is 3.30. The number of ether oxygens (including phenoxy) is 1. The molecule has 1 N–H and O–H groups in total. The molecule has 7 heteroatoms. The van der Waals surface area contributed by atoms with E-state index in [9.17, 15) is 4.79 Å². The summed E-state index contributed by atoms with van der Waals surface area (Å²) < 4.78 is 10.4. The largest absolute Gasteiger partial charge is 0.481 e. The summed E-state index contributed by atoms with van der Waals surface area (Å²) in [6.07, 6.45) is 1.75. The monoisotopic (exact) mass is 269 g/mol. The van der Waals surface area contributed by atoms with Crippen LogP contribution in [0.15, 0.2) is 4.52 Å². The molecule has 2 heterocycles. The first-order valence-electron chi connectivity index (χ1n) is 6.44. The summed E-state index contributed by atoms with van der Waals surface area (Å²) in [6, 6.07) is -0.154. The first-order chi connectivity index (χ1) is 9.11. The molecule has 0 spiro atoms. The van der Waals surface area contributed by atoms with E-state index in [0.29, 0.717) is 24.9 Å². The molecule has 1 aliphatic rings. The summed E-state index contributed by atoms with van der Waals surface area (Å²) in [4.78, 5) is 17.3. The van der Waals surface area contributed by atoms with Crippen molar-refractivity contribution in [2.24, 2.45) is 5.92 Å². The summed E-state index contributed by atoms with van der Waals surface area (Å²) in [5.41, 5.74) is 0. The maximum Gasteiger partial charge on any atom is 0.310 e. The van der Waals surface area contributed by atoms with E-state index in [1.54, 1.807) is 0 Å². The Morgan fingerprint density at radius 3 is 3.00 bits per heavy atom. The van der Waals surface area contributed by atoms with Crippen LogP contribution >= 0.6 is 0 Å². The Morgan fingerprint density at radius 1 is 1.53 bits per heavy atom. The van der Waals surface area contributed by atoms with Gasteiger partial charge < -0.3 is 14.4 Å². The van der Waals surface area contributed by atoms with Gasteiger partial charge in [-0.05, 0) is 13.5 Å². The summed E-state index contributed by atoms with van der Waals surface area (Å²) in [5.74, 6) is -0.111. The van der Waals surface area contributed by atoms with Crippen molar-refractivity contribution in [1.29, 1.82) is 0 Å². The number of rotatable bonds is 6. The molecule has 2 unspecified atom stereocenters. The lowest BCUT2D eigenvalue weighted by molar-refractivity contribution is -0.143. The van der Waals surface area contributed by atoms with Crippen LogP contribution in [0.3, 0.4) is 0 Å². The minimum absolute atomic E-state index is 0.154. The maximum absolute atomic E-state index is 11.1. The predicted molar refractivity (Wildman–Crippen MR) is 65.5 cm³/mol. The Kier molecular flexibility index (Phi) is 4.49. The minimum Gasteiger partial charge on any atom is -0.481 e. The van der Waals surface area contributed by atoms with Gasteiger partial charge in [-0.25, -0.2) is 0 Å². The van der Waals surface area contributed by atoms with Gasteiger partial charge in [-0.2, -0.15) is 4.98 Å². The van der Waals surface area contributed by atoms with Gasteiger partial charge in [-0.1, -0.05) is 12.1 Å². The van der Waals surface area contributed by atoms with Crippen molar-refractivity contribution in [3.63, 3.8) is 0 Å². The fraction of sp³-hybridized carbons (Fsp3) is 0.750. The Bertz CT molecular complexity index is 434. The van der Waals surface area contributed by atoms with E-state index in [1.807, 2.05) is 11.9 Å². The molecule has 106 valence electrons. The molecule has 19 heavy (non-hydrogen) atoms. The van der Waals surface area contributed by atoms with Crippen molar-refractivity contribution in [2.45, 2.75) is 32.4 Å². The van der Waals surface area contributed by atoms with Crippen molar-refractivity contribution in [3.8, 4) is 0 Å². The summed E-state index contributed by atoms with van der Waals surface area (Å²) in [5, 5.41) is 13.0. The molecule has 1 aliphatic heterocycles. The van der Waals surface area contributed by atoms with Gasteiger partial charge in [0.15, 0.2) is 5.82 Å². The maximum atomic E-state index is 11.1. The Morgan fingerprint density at radius 2 is 2.32 bits per heavy atom. The van der Waals surface area contributed by atoms with Crippen molar-refractivity contribution >= 4 is 5.97 Å². The third-order valence-corrected chi connectivity index (χ3v) is 3.30. The van der Waals surface area contributed by atoms with Crippen LogP contribution in [0.5, 0.6) is 0 Å². The highest BCUT2D eigenvalue weighted by Crippen LogP contribution is 2.20. The lowest BCUT2D eigenvalue weighted by atomic mass is 10.0. The van der Waals surface area contributed by atoms with Crippen molar-refractivity contribution in [2.75, 3.05) is 20.3 Å². The van der Waals surface area contributed by atoms with Crippen LogP contribution < -0.4 is 0 Å². The topological polar surface area (TPSA) is 88.7 Å². The van der Waals surface area contributed by atoms with Crippen LogP contribution in [0.2, 0.25) is 0 Å². The average Bonchev–Trinajstić information content (AvgIpc) is 2.98. The van der Waals surface area contributed by atoms with Crippen LogP contribution in [-0.4, -0.2) is 52.4 Å². The van der Waals surface area contributed by atoms with E-state index in [0.717, 1.165) is 12.8 Å². The summed E-state index contributed by atoms with van der Waals surface area (Å²) in [7, 11) is 1.85. The first kappa shape index (κ1) is 14.0. The van der Waals surface area contributed by atoms with Gasteiger partial charge in [-0.3, -0.25) is 9.69 Å². The number of aliphatic carboxylic acids is 1. The highest BCUT2D eigenvalue weighted by molar-refractivity contribution is 5.71. The number of aryl methyl sites for hydroxylation is 1. The van der Waals surface area contributed by atoms with E-state index < -0.39 is 11.9 Å². The van der Waals surface area contributed by atoms with Gasteiger partial charge in [0.2, 0.25) is 5.89 Å². The molecular formula is C12H19N3O4. The third-order valence-electron chi connectivity index (χ3n) is 3.30. The number of carboxylic acid groups (broad SMARTS) is 1. The predicted octanol–water partition coefficient (Wildman–Crippen LogP) is 0.554. The number of carboxylic acids is 1. The van der Waals surface area contributed by atoms with E-state index in [1.165, 1.54) is 0 Å². The van der Waals surface area contributed by atoms with Crippen LogP contribution in [-0.2, 0) is 22.5 Å². The molecule has 0 aliphatic carbocycles. The second-order valence-corrected chi connectivity index (χ2v) is 4.82. The SMILES string of the molecule is CCCc1noc(CN(C)C2COCC2C(=O)O)n1. The van der Waals surface area contributed by atoms with E-state index in [-0.39, 0.29) is 12.6 Å². The van der Waals surface area contributed by atoms with Gasteiger partial charge in [0.1, 0.15) is 0 Å². The highest BCUT2D eigenvalue weighted by Gasteiger charge is 2.37. The molecule has 1 aromatic heterocycles. The van der Waals surface area contributed by atoms with Gasteiger partial charge in [0, 0.05) is 12.5 Å². The minimum atomic E-state index is -0.827.